The molecule has 22 heavy (non-hydrogen) atoms. The summed E-state index contributed by atoms with van der Waals surface area (Å²) in [5, 5.41) is 0. The third kappa shape index (κ3) is 1.45. The van der Waals surface area contributed by atoms with E-state index in [1.54, 1.807) is 0 Å². The van der Waals surface area contributed by atoms with Crippen LogP contribution in [-0.4, -0.2) is 9.36 Å². The first-order chi connectivity index (χ1) is 10.3. The van der Waals surface area contributed by atoms with Gasteiger partial charge in [0.15, 0.2) is 0 Å². The van der Waals surface area contributed by atoms with Crippen molar-refractivity contribution in [1.82, 2.24) is 9.36 Å². The molecule has 0 amide bonds. The molecule has 0 unspecified atom stereocenters. The summed E-state index contributed by atoms with van der Waals surface area (Å²) < 4.78 is 4.93. The summed E-state index contributed by atoms with van der Waals surface area (Å²) in [7, 11) is 2.03. The molecule has 0 saturated heterocycles. The molecule has 1 saturated carbocycles. The molecule has 4 heteroatoms. The molecule has 0 aliphatic heterocycles. The summed E-state index contributed by atoms with van der Waals surface area (Å²) >= 11 is 3.51. The Kier molecular flexibility index (Phi) is 2.71. The summed E-state index contributed by atoms with van der Waals surface area (Å²) in [6, 6.07) is 7.96. The van der Waals surface area contributed by atoms with E-state index in [0.717, 1.165) is 22.1 Å². The number of hydrogen-bond donors (Lipinski definition) is 0. The third-order valence-corrected chi connectivity index (χ3v) is 6.94. The maximum atomic E-state index is 13.1. The first-order valence-corrected chi connectivity index (χ1v) is 8.66. The largest absolute Gasteiger partial charge is 0.284 e. The van der Waals surface area contributed by atoms with Crippen molar-refractivity contribution in [1.29, 1.82) is 0 Å². The molecule has 2 atom stereocenters. The Labute approximate surface area is 139 Å². The van der Waals surface area contributed by atoms with Gasteiger partial charge in [0, 0.05) is 22.5 Å². The first kappa shape index (κ1) is 14.3. The lowest BCUT2D eigenvalue weighted by Gasteiger charge is -2.36. The van der Waals surface area contributed by atoms with Crippen molar-refractivity contribution >= 4 is 15.9 Å². The SMILES string of the molecule is Cn1c2c(c(=O)n1-c1cccc(Br)c1)[C@H]1CC[C@]2(C)C1(C)C. The molecule has 1 fully saturated rings. The number of rotatable bonds is 1. The lowest BCUT2D eigenvalue weighted by molar-refractivity contribution is 0.218. The molecule has 2 aliphatic rings. The van der Waals surface area contributed by atoms with Gasteiger partial charge in [0.05, 0.1) is 11.4 Å². The van der Waals surface area contributed by atoms with Crippen molar-refractivity contribution in [3.05, 3.63) is 50.3 Å². The van der Waals surface area contributed by atoms with E-state index < -0.39 is 0 Å². The van der Waals surface area contributed by atoms with E-state index in [4.69, 9.17) is 0 Å². The summed E-state index contributed by atoms with van der Waals surface area (Å²) in [5.74, 6) is 0.389. The summed E-state index contributed by atoms with van der Waals surface area (Å²) in [4.78, 5) is 13.1. The second-order valence-corrected chi connectivity index (χ2v) is 8.44. The predicted octanol–water partition coefficient (Wildman–Crippen LogP) is 4.11. The van der Waals surface area contributed by atoms with Gasteiger partial charge in [-0.25, -0.2) is 4.68 Å². The van der Waals surface area contributed by atoms with Crippen molar-refractivity contribution in [2.75, 3.05) is 0 Å². The zero-order valence-corrected chi connectivity index (χ0v) is 15.1. The number of nitrogens with zero attached hydrogens (tertiary/aromatic N) is 2. The highest BCUT2D eigenvalue weighted by atomic mass is 79.9. The highest BCUT2D eigenvalue weighted by Crippen LogP contribution is 2.66. The molecule has 0 spiro atoms. The molecule has 1 heterocycles. The number of aromatic nitrogens is 2. The van der Waals surface area contributed by atoms with Crippen molar-refractivity contribution in [3.8, 4) is 5.69 Å². The minimum atomic E-state index is 0.0954. The van der Waals surface area contributed by atoms with Crippen LogP contribution < -0.4 is 5.56 Å². The quantitative estimate of drug-likeness (QED) is 0.751. The maximum Gasteiger partial charge on any atom is 0.275 e. The average molecular weight is 361 g/mol. The Balaban J connectivity index is 2.03. The van der Waals surface area contributed by atoms with E-state index in [-0.39, 0.29) is 16.4 Å². The summed E-state index contributed by atoms with van der Waals surface area (Å²) in [6.45, 7) is 6.99. The van der Waals surface area contributed by atoms with E-state index in [2.05, 4.69) is 41.4 Å². The number of benzene rings is 1. The Bertz CT molecular complexity index is 845. The van der Waals surface area contributed by atoms with Gasteiger partial charge in [-0.2, -0.15) is 0 Å². The molecule has 1 aromatic heterocycles. The van der Waals surface area contributed by atoms with Crippen LogP contribution >= 0.6 is 15.9 Å². The molecule has 2 bridgehead atoms. The van der Waals surface area contributed by atoms with E-state index in [1.807, 2.05) is 36.0 Å². The highest BCUT2D eigenvalue weighted by Gasteiger charge is 2.62. The minimum Gasteiger partial charge on any atom is -0.284 e. The molecular weight excluding hydrogens is 340 g/mol. The molecule has 0 radical (unpaired) electrons. The Morgan fingerprint density at radius 3 is 2.64 bits per heavy atom. The smallest absolute Gasteiger partial charge is 0.275 e. The van der Waals surface area contributed by atoms with Gasteiger partial charge in [-0.3, -0.25) is 9.48 Å². The van der Waals surface area contributed by atoms with Crippen LogP contribution in [0.1, 0.15) is 50.8 Å². The van der Waals surface area contributed by atoms with Gasteiger partial charge in [0.25, 0.3) is 5.56 Å². The molecule has 2 aromatic rings. The second-order valence-electron chi connectivity index (χ2n) is 7.53. The van der Waals surface area contributed by atoms with Gasteiger partial charge in [0.2, 0.25) is 0 Å². The van der Waals surface area contributed by atoms with Crippen LogP contribution in [-0.2, 0) is 12.5 Å². The molecular formula is C18H21BrN2O. The van der Waals surface area contributed by atoms with E-state index in [0.29, 0.717) is 5.92 Å². The van der Waals surface area contributed by atoms with Gasteiger partial charge in [-0.1, -0.05) is 42.8 Å². The van der Waals surface area contributed by atoms with E-state index >= 15 is 0 Å². The monoisotopic (exact) mass is 360 g/mol. The molecule has 116 valence electrons. The lowest BCUT2D eigenvalue weighted by atomic mass is 9.70. The maximum absolute atomic E-state index is 13.1. The van der Waals surface area contributed by atoms with Crippen LogP contribution in [0.4, 0.5) is 0 Å². The van der Waals surface area contributed by atoms with Crippen LogP contribution in [0.25, 0.3) is 5.69 Å². The molecule has 2 aliphatic carbocycles. The fourth-order valence-corrected chi connectivity index (χ4v) is 5.31. The molecule has 0 N–H and O–H groups in total. The van der Waals surface area contributed by atoms with Gasteiger partial charge >= 0.3 is 0 Å². The number of hydrogen-bond acceptors (Lipinski definition) is 1. The normalized spacial score (nSPS) is 28.1. The van der Waals surface area contributed by atoms with Crippen LogP contribution in [0.2, 0.25) is 0 Å². The van der Waals surface area contributed by atoms with Gasteiger partial charge in [0.1, 0.15) is 0 Å². The Hall–Kier alpha value is -1.29. The number of fused-ring (bicyclic) bond motifs is 5. The van der Waals surface area contributed by atoms with Gasteiger partial charge in [-0.05, 0) is 42.4 Å². The zero-order chi connectivity index (χ0) is 15.9. The van der Waals surface area contributed by atoms with Gasteiger partial charge in [-0.15, -0.1) is 0 Å². The first-order valence-electron chi connectivity index (χ1n) is 7.87. The predicted molar refractivity (Wildman–Crippen MR) is 91.8 cm³/mol. The van der Waals surface area contributed by atoms with Crippen molar-refractivity contribution in [2.24, 2.45) is 12.5 Å². The topological polar surface area (TPSA) is 26.9 Å². The average Bonchev–Trinajstić information content (AvgIpc) is 2.91. The van der Waals surface area contributed by atoms with Crippen molar-refractivity contribution in [3.63, 3.8) is 0 Å². The molecule has 1 aromatic carbocycles. The van der Waals surface area contributed by atoms with E-state index in [1.165, 1.54) is 12.1 Å². The lowest BCUT2D eigenvalue weighted by Crippen LogP contribution is -2.35. The van der Waals surface area contributed by atoms with Crippen LogP contribution in [0.3, 0.4) is 0 Å². The van der Waals surface area contributed by atoms with E-state index in [9.17, 15) is 4.79 Å². The van der Waals surface area contributed by atoms with Crippen LogP contribution in [0, 0.1) is 5.41 Å². The Morgan fingerprint density at radius 1 is 1.27 bits per heavy atom. The number of halogens is 1. The van der Waals surface area contributed by atoms with Crippen LogP contribution in [0.15, 0.2) is 33.5 Å². The zero-order valence-electron chi connectivity index (χ0n) is 13.5. The fraction of sp³-hybridized carbons (Fsp3) is 0.500. The fourth-order valence-electron chi connectivity index (χ4n) is 4.92. The minimum absolute atomic E-state index is 0.0954. The van der Waals surface area contributed by atoms with Crippen molar-refractivity contribution in [2.45, 2.75) is 44.9 Å². The summed E-state index contributed by atoms with van der Waals surface area (Å²) in [6.07, 6.45) is 2.31. The second kappa shape index (κ2) is 4.16. The highest BCUT2D eigenvalue weighted by molar-refractivity contribution is 9.10. The summed E-state index contributed by atoms with van der Waals surface area (Å²) in [5.41, 5.74) is 3.66. The van der Waals surface area contributed by atoms with Crippen LogP contribution in [0.5, 0.6) is 0 Å². The third-order valence-electron chi connectivity index (χ3n) is 6.45. The van der Waals surface area contributed by atoms with Crippen molar-refractivity contribution < 1.29 is 0 Å². The van der Waals surface area contributed by atoms with Gasteiger partial charge < -0.3 is 0 Å². The molecule has 3 nitrogen and oxygen atoms in total. The standard InChI is InChI=1S/C18H21BrN2O/c1-17(2)13-8-9-18(17,3)15-14(13)16(22)21(20(15)4)12-7-5-6-11(19)10-12/h5-7,10,13H,8-9H2,1-4H3/t13-,18+/m1/s1. The Morgan fingerprint density at radius 2 is 2.00 bits per heavy atom. The molecule has 4 rings (SSSR count).